The standard InChI is InChI=1S/C14H20N2O3S/c1-14(2,3)19-13(18)16-7-4-5-10(9-16)11(17)12-15-6-8-20-12/h6,8,10H,4-5,7,9H2,1-3H3/t10-/m0/s1. The summed E-state index contributed by atoms with van der Waals surface area (Å²) in [5, 5.41) is 2.32. The zero-order valence-corrected chi connectivity index (χ0v) is 12.9. The number of ether oxygens (including phenoxy) is 1. The lowest BCUT2D eigenvalue weighted by molar-refractivity contribution is 0.0172. The molecule has 2 rings (SSSR count). The molecule has 110 valence electrons. The van der Waals surface area contributed by atoms with Crippen molar-refractivity contribution in [3.05, 3.63) is 16.6 Å². The highest BCUT2D eigenvalue weighted by Gasteiger charge is 2.32. The zero-order chi connectivity index (χ0) is 14.8. The molecule has 1 fully saturated rings. The SMILES string of the molecule is CC(C)(C)OC(=O)N1CCC[C@H](C(=O)c2nccs2)C1. The smallest absolute Gasteiger partial charge is 0.410 e. The summed E-state index contributed by atoms with van der Waals surface area (Å²) in [6.07, 6.45) is 2.92. The van der Waals surface area contributed by atoms with E-state index in [4.69, 9.17) is 4.74 Å². The van der Waals surface area contributed by atoms with E-state index < -0.39 is 5.60 Å². The summed E-state index contributed by atoms with van der Waals surface area (Å²) in [6, 6.07) is 0. The molecule has 2 heterocycles. The van der Waals surface area contributed by atoms with E-state index in [-0.39, 0.29) is 17.8 Å². The molecular formula is C14H20N2O3S. The Morgan fingerprint density at radius 1 is 1.45 bits per heavy atom. The van der Waals surface area contributed by atoms with Crippen LogP contribution in [-0.4, -0.2) is 40.5 Å². The van der Waals surface area contributed by atoms with Crippen molar-refractivity contribution in [1.29, 1.82) is 0 Å². The van der Waals surface area contributed by atoms with E-state index in [0.29, 0.717) is 18.1 Å². The molecule has 0 bridgehead atoms. The first-order chi connectivity index (χ1) is 9.37. The summed E-state index contributed by atoms with van der Waals surface area (Å²) in [4.78, 5) is 30.0. The highest BCUT2D eigenvalue weighted by Crippen LogP contribution is 2.23. The van der Waals surface area contributed by atoms with Gasteiger partial charge in [0.1, 0.15) is 5.60 Å². The number of thiazole rings is 1. The molecule has 0 aromatic carbocycles. The number of hydrogen-bond acceptors (Lipinski definition) is 5. The minimum Gasteiger partial charge on any atom is -0.444 e. The van der Waals surface area contributed by atoms with E-state index in [0.717, 1.165) is 12.8 Å². The highest BCUT2D eigenvalue weighted by atomic mass is 32.1. The summed E-state index contributed by atoms with van der Waals surface area (Å²) in [5.41, 5.74) is -0.511. The van der Waals surface area contributed by atoms with Gasteiger partial charge in [-0.1, -0.05) is 0 Å². The molecular weight excluding hydrogens is 276 g/mol. The Morgan fingerprint density at radius 3 is 2.80 bits per heavy atom. The molecule has 6 heteroatoms. The third kappa shape index (κ3) is 3.79. The fraction of sp³-hybridized carbons (Fsp3) is 0.643. The number of carbonyl (C=O) groups is 2. The van der Waals surface area contributed by atoms with E-state index in [2.05, 4.69) is 4.98 Å². The van der Waals surface area contributed by atoms with Crippen LogP contribution in [0.15, 0.2) is 11.6 Å². The van der Waals surface area contributed by atoms with Crippen molar-refractivity contribution in [3.8, 4) is 0 Å². The lowest BCUT2D eigenvalue weighted by Gasteiger charge is -2.33. The summed E-state index contributed by atoms with van der Waals surface area (Å²) in [7, 11) is 0. The van der Waals surface area contributed by atoms with Crippen molar-refractivity contribution >= 4 is 23.2 Å². The third-order valence-corrected chi connectivity index (χ3v) is 3.87. The quantitative estimate of drug-likeness (QED) is 0.787. The average Bonchev–Trinajstić information content (AvgIpc) is 2.90. The molecule has 20 heavy (non-hydrogen) atoms. The van der Waals surface area contributed by atoms with Gasteiger partial charge in [-0.05, 0) is 33.6 Å². The van der Waals surface area contributed by atoms with Gasteiger partial charge in [0.2, 0.25) is 0 Å². The summed E-state index contributed by atoms with van der Waals surface area (Å²) in [5.74, 6) is -0.129. The van der Waals surface area contributed by atoms with Gasteiger partial charge in [0, 0.05) is 30.6 Å². The van der Waals surface area contributed by atoms with Gasteiger partial charge in [0.25, 0.3) is 0 Å². The number of amides is 1. The van der Waals surface area contributed by atoms with Gasteiger partial charge in [0.05, 0.1) is 0 Å². The average molecular weight is 296 g/mol. The number of rotatable bonds is 2. The van der Waals surface area contributed by atoms with Crippen LogP contribution in [0, 0.1) is 5.92 Å². The molecule has 5 nitrogen and oxygen atoms in total. The van der Waals surface area contributed by atoms with Crippen LogP contribution in [0.1, 0.15) is 43.4 Å². The van der Waals surface area contributed by atoms with Crippen molar-refractivity contribution < 1.29 is 14.3 Å². The van der Waals surface area contributed by atoms with E-state index in [1.807, 2.05) is 20.8 Å². The minimum absolute atomic E-state index is 0.0354. The first-order valence-corrected chi connectivity index (χ1v) is 7.66. The number of carbonyl (C=O) groups excluding carboxylic acids is 2. The number of aromatic nitrogens is 1. The Hall–Kier alpha value is -1.43. The molecule has 1 amide bonds. The Balaban J connectivity index is 1.98. The van der Waals surface area contributed by atoms with E-state index >= 15 is 0 Å². The van der Waals surface area contributed by atoms with Gasteiger partial charge in [-0.15, -0.1) is 11.3 Å². The monoisotopic (exact) mass is 296 g/mol. The minimum atomic E-state index is -0.511. The zero-order valence-electron chi connectivity index (χ0n) is 12.1. The molecule has 0 aliphatic carbocycles. The van der Waals surface area contributed by atoms with Crippen molar-refractivity contribution in [1.82, 2.24) is 9.88 Å². The van der Waals surface area contributed by atoms with Crippen molar-refractivity contribution in [2.45, 2.75) is 39.2 Å². The number of Topliss-reactive ketones (excluding diaryl/α,β-unsaturated/α-hetero) is 1. The van der Waals surface area contributed by atoms with Gasteiger partial charge in [0.15, 0.2) is 10.8 Å². The molecule has 0 saturated carbocycles. The molecule has 1 aliphatic heterocycles. The maximum atomic E-state index is 12.3. The largest absolute Gasteiger partial charge is 0.444 e. The van der Waals surface area contributed by atoms with Gasteiger partial charge in [-0.2, -0.15) is 0 Å². The molecule has 0 radical (unpaired) electrons. The Labute approximate surface area is 122 Å². The van der Waals surface area contributed by atoms with Gasteiger partial charge in [-0.3, -0.25) is 4.79 Å². The first kappa shape index (κ1) is 15.0. The van der Waals surface area contributed by atoms with Crippen molar-refractivity contribution in [3.63, 3.8) is 0 Å². The van der Waals surface area contributed by atoms with Crippen molar-refractivity contribution in [2.75, 3.05) is 13.1 Å². The Bertz CT molecular complexity index is 479. The number of likely N-dealkylation sites (tertiary alicyclic amines) is 1. The lowest BCUT2D eigenvalue weighted by atomic mass is 9.94. The van der Waals surface area contributed by atoms with Gasteiger partial charge in [-0.25, -0.2) is 9.78 Å². The van der Waals surface area contributed by atoms with Crippen LogP contribution < -0.4 is 0 Å². The lowest BCUT2D eigenvalue weighted by Crippen LogP contribution is -2.44. The van der Waals surface area contributed by atoms with Gasteiger partial charge < -0.3 is 9.64 Å². The third-order valence-electron chi connectivity index (χ3n) is 3.09. The molecule has 1 atom stereocenters. The number of nitrogens with zero attached hydrogens (tertiary/aromatic N) is 2. The van der Waals surface area contributed by atoms with Crippen LogP contribution in [0.5, 0.6) is 0 Å². The Kier molecular flexibility index (Phi) is 4.42. The number of piperidine rings is 1. The summed E-state index contributed by atoms with van der Waals surface area (Å²) in [6.45, 7) is 6.59. The number of ketones is 1. The van der Waals surface area contributed by atoms with Crippen molar-refractivity contribution in [2.24, 2.45) is 5.92 Å². The number of hydrogen-bond donors (Lipinski definition) is 0. The van der Waals surface area contributed by atoms with Crippen LogP contribution in [0.4, 0.5) is 4.79 Å². The van der Waals surface area contributed by atoms with Gasteiger partial charge >= 0.3 is 6.09 Å². The molecule has 1 aromatic heterocycles. The van der Waals surface area contributed by atoms with E-state index in [9.17, 15) is 9.59 Å². The molecule has 1 aromatic rings. The topological polar surface area (TPSA) is 59.5 Å². The van der Waals surface area contributed by atoms with Crippen LogP contribution in [-0.2, 0) is 4.74 Å². The van der Waals surface area contributed by atoms with E-state index in [1.54, 1.807) is 16.5 Å². The fourth-order valence-electron chi connectivity index (χ4n) is 2.20. The van der Waals surface area contributed by atoms with Crippen LogP contribution >= 0.6 is 11.3 Å². The predicted molar refractivity (Wildman–Crippen MR) is 77.0 cm³/mol. The van der Waals surface area contributed by atoms with Crippen LogP contribution in [0.2, 0.25) is 0 Å². The predicted octanol–water partition coefficient (Wildman–Crippen LogP) is 2.97. The van der Waals surface area contributed by atoms with E-state index in [1.165, 1.54) is 11.3 Å². The highest BCUT2D eigenvalue weighted by molar-refractivity contribution is 7.11. The van der Waals surface area contributed by atoms with Crippen LogP contribution in [0.3, 0.4) is 0 Å². The molecule has 0 spiro atoms. The molecule has 0 N–H and O–H groups in total. The maximum absolute atomic E-state index is 12.3. The second-order valence-corrected chi connectivity index (χ2v) is 6.86. The molecule has 0 unspecified atom stereocenters. The normalized spacial score (nSPS) is 19.8. The Morgan fingerprint density at radius 2 is 2.20 bits per heavy atom. The second kappa shape index (κ2) is 5.91. The van der Waals surface area contributed by atoms with Crippen LogP contribution in [0.25, 0.3) is 0 Å². The summed E-state index contributed by atoms with van der Waals surface area (Å²) < 4.78 is 5.36. The first-order valence-electron chi connectivity index (χ1n) is 6.78. The molecule has 1 saturated heterocycles. The molecule has 1 aliphatic rings. The fourth-order valence-corrected chi connectivity index (χ4v) is 2.86. The maximum Gasteiger partial charge on any atom is 0.410 e. The summed E-state index contributed by atoms with van der Waals surface area (Å²) >= 11 is 1.35. The second-order valence-electron chi connectivity index (χ2n) is 5.97.